The molecule has 0 aromatic carbocycles. The standard InChI is InChI=1S/C9H14N2S/c1-7-9(12-6-11-7)3-2-8-4-10-5-8/h6,8,10H,2-5H2,1H3. The Bertz CT molecular complexity index is 253. The molecule has 0 spiro atoms. The quantitative estimate of drug-likeness (QED) is 0.768. The van der Waals surface area contributed by atoms with Gasteiger partial charge in [0.1, 0.15) is 0 Å². The summed E-state index contributed by atoms with van der Waals surface area (Å²) in [6, 6.07) is 0. The summed E-state index contributed by atoms with van der Waals surface area (Å²) in [4.78, 5) is 5.72. The van der Waals surface area contributed by atoms with E-state index in [9.17, 15) is 0 Å². The van der Waals surface area contributed by atoms with Crippen molar-refractivity contribution in [2.75, 3.05) is 13.1 Å². The maximum Gasteiger partial charge on any atom is 0.0797 e. The van der Waals surface area contributed by atoms with E-state index in [2.05, 4.69) is 17.2 Å². The van der Waals surface area contributed by atoms with Gasteiger partial charge in [-0.05, 0) is 38.8 Å². The van der Waals surface area contributed by atoms with Crippen LogP contribution in [0, 0.1) is 12.8 Å². The van der Waals surface area contributed by atoms with Gasteiger partial charge < -0.3 is 5.32 Å². The third-order valence-electron chi connectivity index (χ3n) is 2.49. The van der Waals surface area contributed by atoms with E-state index in [1.165, 1.54) is 36.5 Å². The Morgan fingerprint density at radius 1 is 1.67 bits per heavy atom. The van der Waals surface area contributed by atoms with Crippen LogP contribution in [0.1, 0.15) is 17.0 Å². The van der Waals surface area contributed by atoms with Gasteiger partial charge in [-0.1, -0.05) is 0 Å². The molecular formula is C9H14N2S. The molecule has 0 bridgehead atoms. The van der Waals surface area contributed by atoms with Crippen molar-refractivity contribution < 1.29 is 0 Å². The van der Waals surface area contributed by atoms with Crippen LogP contribution in [-0.2, 0) is 6.42 Å². The number of rotatable bonds is 3. The fraction of sp³-hybridized carbons (Fsp3) is 0.667. The van der Waals surface area contributed by atoms with Gasteiger partial charge in [-0.15, -0.1) is 11.3 Å². The predicted molar refractivity (Wildman–Crippen MR) is 51.5 cm³/mol. The van der Waals surface area contributed by atoms with Gasteiger partial charge in [-0.25, -0.2) is 4.98 Å². The Balaban J connectivity index is 1.82. The first-order valence-electron chi connectivity index (χ1n) is 4.46. The van der Waals surface area contributed by atoms with E-state index < -0.39 is 0 Å². The van der Waals surface area contributed by atoms with Crippen LogP contribution in [0.25, 0.3) is 0 Å². The SMILES string of the molecule is Cc1ncsc1CCC1CNC1. The summed E-state index contributed by atoms with van der Waals surface area (Å²) in [6.45, 7) is 4.54. The van der Waals surface area contributed by atoms with E-state index in [1.54, 1.807) is 11.3 Å². The highest BCUT2D eigenvalue weighted by Crippen LogP contribution is 2.18. The number of aromatic nitrogens is 1. The number of hydrogen-bond donors (Lipinski definition) is 1. The first-order valence-corrected chi connectivity index (χ1v) is 5.34. The van der Waals surface area contributed by atoms with Crippen molar-refractivity contribution in [2.45, 2.75) is 19.8 Å². The van der Waals surface area contributed by atoms with Crippen molar-refractivity contribution in [3.63, 3.8) is 0 Å². The lowest BCUT2D eigenvalue weighted by Crippen LogP contribution is -2.42. The van der Waals surface area contributed by atoms with Crippen LogP contribution in [0.4, 0.5) is 0 Å². The highest BCUT2D eigenvalue weighted by atomic mass is 32.1. The van der Waals surface area contributed by atoms with Crippen molar-refractivity contribution >= 4 is 11.3 Å². The molecule has 0 aliphatic carbocycles. The number of aryl methyl sites for hydroxylation is 2. The second kappa shape index (κ2) is 3.54. The lowest BCUT2D eigenvalue weighted by Gasteiger charge is -2.26. The molecule has 2 heterocycles. The van der Waals surface area contributed by atoms with Crippen molar-refractivity contribution in [1.82, 2.24) is 10.3 Å². The minimum Gasteiger partial charge on any atom is -0.316 e. The highest BCUT2D eigenvalue weighted by Gasteiger charge is 2.16. The average molecular weight is 182 g/mol. The van der Waals surface area contributed by atoms with Gasteiger partial charge in [0.15, 0.2) is 0 Å². The zero-order chi connectivity index (χ0) is 8.39. The van der Waals surface area contributed by atoms with Gasteiger partial charge in [0, 0.05) is 4.88 Å². The van der Waals surface area contributed by atoms with Crippen LogP contribution in [0.15, 0.2) is 5.51 Å². The fourth-order valence-corrected chi connectivity index (χ4v) is 2.25. The summed E-state index contributed by atoms with van der Waals surface area (Å²) in [5.74, 6) is 0.923. The van der Waals surface area contributed by atoms with Gasteiger partial charge in [-0.2, -0.15) is 0 Å². The van der Waals surface area contributed by atoms with Crippen LogP contribution in [0.5, 0.6) is 0 Å². The van der Waals surface area contributed by atoms with E-state index in [0.717, 1.165) is 5.92 Å². The molecule has 0 saturated carbocycles. The minimum atomic E-state index is 0.923. The second-order valence-electron chi connectivity index (χ2n) is 3.42. The number of thiazole rings is 1. The summed E-state index contributed by atoms with van der Waals surface area (Å²) in [7, 11) is 0. The summed E-state index contributed by atoms with van der Waals surface area (Å²) in [5.41, 5.74) is 3.18. The molecule has 66 valence electrons. The minimum absolute atomic E-state index is 0.923. The van der Waals surface area contributed by atoms with Crippen molar-refractivity contribution in [2.24, 2.45) is 5.92 Å². The van der Waals surface area contributed by atoms with E-state index in [-0.39, 0.29) is 0 Å². The second-order valence-corrected chi connectivity index (χ2v) is 4.36. The Morgan fingerprint density at radius 3 is 3.00 bits per heavy atom. The first kappa shape index (κ1) is 8.20. The molecule has 1 aromatic heterocycles. The molecule has 2 nitrogen and oxygen atoms in total. The zero-order valence-electron chi connectivity index (χ0n) is 7.34. The van der Waals surface area contributed by atoms with Crippen LogP contribution >= 0.6 is 11.3 Å². The predicted octanol–water partition coefficient (Wildman–Crippen LogP) is 1.60. The van der Waals surface area contributed by atoms with Gasteiger partial charge >= 0.3 is 0 Å². The molecule has 2 rings (SSSR count). The highest BCUT2D eigenvalue weighted by molar-refractivity contribution is 7.09. The van der Waals surface area contributed by atoms with Gasteiger partial charge in [-0.3, -0.25) is 0 Å². The molecule has 0 amide bonds. The van der Waals surface area contributed by atoms with E-state index in [0.29, 0.717) is 0 Å². The Labute approximate surface area is 77.0 Å². The maximum absolute atomic E-state index is 4.24. The largest absolute Gasteiger partial charge is 0.316 e. The molecule has 3 heteroatoms. The summed E-state index contributed by atoms with van der Waals surface area (Å²) >= 11 is 1.79. The summed E-state index contributed by atoms with van der Waals surface area (Å²) in [6.07, 6.45) is 2.55. The molecule has 1 aromatic rings. The van der Waals surface area contributed by atoms with E-state index >= 15 is 0 Å². The number of nitrogens with zero attached hydrogens (tertiary/aromatic N) is 1. The van der Waals surface area contributed by atoms with Crippen molar-refractivity contribution in [3.8, 4) is 0 Å². The number of nitrogens with one attached hydrogen (secondary N) is 1. The smallest absolute Gasteiger partial charge is 0.0797 e. The van der Waals surface area contributed by atoms with Gasteiger partial charge in [0.05, 0.1) is 11.2 Å². The molecule has 12 heavy (non-hydrogen) atoms. The normalized spacial score (nSPS) is 17.8. The molecule has 0 radical (unpaired) electrons. The first-order chi connectivity index (χ1) is 5.86. The third kappa shape index (κ3) is 1.67. The Kier molecular flexibility index (Phi) is 2.42. The Morgan fingerprint density at radius 2 is 2.50 bits per heavy atom. The third-order valence-corrected chi connectivity index (χ3v) is 3.49. The lowest BCUT2D eigenvalue weighted by molar-refractivity contribution is 0.328. The molecule has 1 aliphatic heterocycles. The summed E-state index contributed by atoms with van der Waals surface area (Å²) in [5, 5.41) is 3.29. The van der Waals surface area contributed by atoms with Gasteiger partial charge in [0.25, 0.3) is 0 Å². The molecule has 1 aliphatic rings. The summed E-state index contributed by atoms with van der Waals surface area (Å²) < 4.78 is 0. The van der Waals surface area contributed by atoms with Crippen LogP contribution < -0.4 is 5.32 Å². The van der Waals surface area contributed by atoms with Crippen LogP contribution in [0.3, 0.4) is 0 Å². The Hall–Kier alpha value is -0.410. The zero-order valence-corrected chi connectivity index (χ0v) is 8.16. The molecule has 1 saturated heterocycles. The molecular weight excluding hydrogens is 168 g/mol. The topological polar surface area (TPSA) is 24.9 Å². The molecule has 0 unspecified atom stereocenters. The lowest BCUT2D eigenvalue weighted by atomic mass is 9.97. The van der Waals surface area contributed by atoms with Crippen LogP contribution in [-0.4, -0.2) is 18.1 Å². The monoisotopic (exact) mass is 182 g/mol. The molecule has 1 N–H and O–H groups in total. The maximum atomic E-state index is 4.24. The van der Waals surface area contributed by atoms with Crippen LogP contribution in [0.2, 0.25) is 0 Å². The van der Waals surface area contributed by atoms with Crippen molar-refractivity contribution in [1.29, 1.82) is 0 Å². The number of hydrogen-bond acceptors (Lipinski definition) is 3. The van der Waals surface area contributed by atoms with E-state index in [1.807, 2.05) is 5.51 Å². The molecule has 1 fully saturated rings. The molecule has 0 atom stereocenters. The fourth-order valence-electron chi connectivity index (χ4n) is 1.45. The average Bonchev–Trinajstić information content (AvgIpc) is 2.33. The van der Waals surface area contributed by atoms with Crippen molar-refractivity contribution in [3.05, 3.63) is 16.1 Å². The van der Waals surface area contributed by atoms with E-state index in [4.69, 9.17) is 0 Å². The van der Waals surface area contributed by atoms with Gasteiger partial charge in [0.2, 0.25) is 0 Å².